The van der Waals surface area contributed by atoms with Gasteiger partial charge in [-0.1, -0.05) is 18.2 Å². The fourth-order valence-electron chi connectivity index (χ4n) is 2.97. The zero-order chi connectivity index (χ0) is 19.0. The largest absolute Gasteiger partial charge is 0.355 e. The van der Waals surface area contributed by atoms with Crippen molar-refractivity contribution in [3.05, 3.63) is 53.6 Å². The van der Waals surface area contributed by atoms with E-state index in [0.29, 0.717) is 16.6 Å². The highest BCUT2D eigenvalue weighted by atomic mass is 32.2. The molecule has 0 bridgehead atoms. The molecule has 0 saturated heterocycles. The van der Waals surface area contributed by atoms with Crippen molar-refractivity contribution in [2.24, 2.45) is 0 Å². The third-order valence-electron chi connectivity index (χ3n) is 4.57. The van der Waals surface area contributed by atoms with E-state index >= 15 is 0 Å². The van der Waals surface area contributed by atoms with E-state index in [0.717, 1.165) is 30.1 Å². The number of nitrogens with zero attached hydrogens (tertiary/aromatic N) is 3. The molecular formula is C18H18N4O3S2. The van der Waals surface area contributed by atoms with Crippen LogP contribution in [-0.4, -0.2) is 40.5 Å². The number of aromatic nitrogens is 2. The first-order valence-corrected chi connectivity index (χ1v) is 10.7. The van der Waals surface area contributed by atoms with Crippen LogP contribution in [0.5, 0.6) is 0 Å². The monoisotopic (exact) mass is 402 g/mol. The number of amides is 1. The molecule has 1 amide bonds. The maximum atomic E-state index is 13.4. The number of sulfonamides is 1. The number of carbonyl (C=O) groups excluding carboxylic acids is 1. The Bertz CT molecular complexity index is 1090. The third-order valence-corrected chi connectivity index (χ3v) is 7.04. The Morgan fingerprint density at radius 1 is 1.19 bits per heavy atom. The van der Waals surface area contributed by atoms with Crippen LogP contribution in [0.25, 0.3) is 11.0 Å². The second-order valence-corrected chi connectivity index (χ2v) is 8.83. The summed E-state index contributed by atoms with van der Waals surface area (Å²) >= 11 is 1.01. The molecule has 0 unspecified atom stereocenters. The molecule has 0 radical (unpaired) electrons. The molecule has 0 aliphatic heterocycles. The summed E-state index contributed by atoms with van der Waals surface area (Å²) in [5, 5.41) is 2.57. The van der Waals surface area contributed by atoms with Crippen molar-refractivity contribution in [2.75, 3.05) is 7.05 Å². The minimum atomic E-state index is -3.71. The van der Waals surface area contributed by atoms with Crippen molar-refractivity contribution < 1.29 is 13.2 Å². The number of carbonyl (C=O) groups is 1. The van der Waals surface area contributed by atoms with Gasteiger partial charge in [0.05, 0.1) is 11.7 Å². The number of rotatable bonds is 6. The lowest BCUT2D eigenvalue weighted by molar-refractivity contribution is 0.0963. The van der Waals surface area contributed by atoms with Gasteiger partial charge in [-0.25, -0.2) is 8.42 Å². The molecule has 1 aromatic heterocycles. The van der Waals surface area contributed by atoms with Crippen molar-refractivity contribution in [3.63, 3.8) is 0 Å². The van der Waals surface area contributed by atoms with Crippen LogP contribution in [0.2, 0.25) is 0 Å². The van der Waals surface area contributed by atoms with Crippen molar-refractivity contribution in [3.8, 4) is 0 Å². The highest BCUT2D eigenvalue weighted by Gasteiger charge is 2.39. The highest BCUT2D eigenvalue weighted by Crippen LogP contribution is 2.35. The van der Waals surface area contributed by atoms with Crippen LogP contribution in [0.1, 0.15) is 28.8 Å². The Morgan fingerprint density at radius 3 is 2.59 bits per heavy atom. The number of fused-ring (bicyclic) bond motifs is 1. The molecule has 140 valence electrons. The number of hydrogen-bond donors (Lipinski definition) is 1. The summed E-state index contributed by atoms with van der Waals surface area (Å²) in [4.78, 5) is 11.9. The van der Waals surface area contributed by atoms with Gasteiger partial charge in [0.15, 0.2) is 0 Å². The van der Waals surface area contributed by atoms with Gasteiger partial charge in [-0.05, 0) is 42.7 Å². The Hall–Kier alpha value is -2.36. The van der Waals surface area contributed by atoms with Crippen molar-refractivity contribution >= 4 is 38.7 Å². The van der Waals surface area contributed by atoms with E-state index < -0.39 is 10.0 Å². The van der Waals surface area contributed by atoms with Gasteiger partial charge in [0.25, 0.3) is 5.91 Å². The summed E-state index contributed by atoms with van der Waals surface area (Å²) in [6, 6.07) is 12.0. The van der Waals surface area contributed by atoms with Crippen LogP contribution in [0, 0.1) is 0 Å². The average Bonchev–Trinajstić information content (AvgIpc) is 3.40. The van der Waals surface area contributed by atoms with E-state index in [1.54, 1.807) is 49.5 Å². The van der Waals surface area contributed by atoms with Crippen LogP contribution >= 0.6 is 11.7 Å². The molecule has 7 nitrogen and oxygen atoms in total. The summed E-state index contributed by atoms with van der Waals surface area (Å²) in [6.45, 7) is 0.259. The van der Waals surface area contributed by atoms with E-state index in [-0.39, 0.29) is 23.4 Å². The molecule has 9 heteroatoms. The zero-order valence-corrected chi connectivity index (χ0v) is 16.3. The van der Waals surface area contributed by atoms with Gasteiger partial charge >= 0.3 is 0 Å². The van der Waals surface area contributed by atoms with Gasteiger partial charge < -0.3 is 5.32 Å². The smallest absolute Gasteiger partial charge is 0.251 e. The lowest BCUT2D eigenvalue weighted by atomic mass is 10.1. The highest BCUT2D eigenvalue weighted by molar-refractivity contribution is 7.89. The molecule has 0 spiro atoms. The van der Waals surface area contributed by atoms with E-state index in [9.17, 15) is 13.2 Å². The van der Waals surface area contributed by atoms with Gasteiger partial charge in [0.1, 0.15) is 15.9 Å². The molecule has 4 rings (SSSR count). The standard InChI is InChI=1S/C18H18N4O3S2/c1-19-18(23)13-7-5-12(6-8-13)11-22(14-9-10-14)27(24,25)16-4-2-3-15-17(16)21-26-20-15/h2-8,14H,9-11H2,1H3,(H,19,23). The minimum Gasteiger partial charge on any atom is -0.355 e. The van der Waals surface area contributed by atoms with Crippen molar-refractivity contribution in [1.29, 1.82) is 0 Å². The predicted octanol–water partition coefficient (Wildman–Crippen LogP) is 2.40. The summed E-state index contributed by atoms with van der Waals surface area (Å²) in [6.07, 6.45) is 1.70. The van der Waals surface area contributed by atoms with Gasteiger partial charge in [0.2, 0.25) is 10.0 Å². The molecule has 3 aromatic rings. The molecule has 27 heavy (non-hydrogen) atoms. The molecule has 1 fully saturated rings. The minimum absolute atomic E-state index is 0.00420. The summed E-state index contributed by atoms with van der Waals surface area (Å²) in [5.41, 5.74) is 2.39. The van der Waals surface area contributed by atoms with Gasteiger partial charge in [-0.15, -0.1) is 0 Å². The Morgan fingerprint density at radius 2 is 1.93 bits per heavy atom. The van der Waals surface area contributed by atoms with E-state index in [2.05, 4.69) is 14.1 Å². The fourth-order valence-corrected chi connectivity index (χ4v) is 5.40. The van der Waals surface area contributed by atoms with E-state index in [1.165, 1.54) is 4.31 Å². The van der Waals surface area contributed by atoms with Crippen LogP contribution in [-0.2, 0) is 16.6 Å². The third kappa shape index (κ3) is 3.45. The second-order valence-electron chi connectivity index (χ2n) is 6.45. The maximum Gasteiger partial charge on any atom is 0.251 e. The molecular weight excluding hydrogens is 384 g/mol. The summed E-state index contributed by atoms with van der Waals surface area (Å²) < 4.78 is 36.6. The molecule has 1 aliphatic rings. The number of nitrogens with one attached hydrogen (secondary N) is 1. The fraction of sp³-hybridized carbons (Fsp3) is 0.278. The molecule has 1 saturated carbocycles. The van der Waals surface area contributed by atoms with Crippen LogP contribution in [0.15, 0.2) is 47.4 Å². The Labute approximate surface area is 161 Å². The molecule has 1 aliphatic carbocycles. The first-order valence-electron chi connectivity index (χ1n) is 8.55. The van der Waals surface area contributed by atoms with Crippen LogP contribution in [0.4, 0.5) is 0 Å². The quantitative estimate of drug-likeness (QED) is 0.684. The number of hydrogen-bond acceptors (Lipinski definition) is 6. The molecule has 2 aromatic carbocycles. The lowest BCUT2D eigenvalue weighted by Gasteiger charge is -2.22. The maximum absolute atomic E-state index is 13.4. The normalized spacial score (nSPS) is 14.6. The Kier molecular flexibility index (Phi) is 4.67. The number of benzene rings is 2. The average molecular weight is 403 g/mol. The van der Waals surface area contributed by atoms with Gasteiger partial charge in [-0.2, -0.15) is 13.1 Å². The van der Waals surface area contributed by atoms with E-state index in [1.807, 2.05) is 0 Å². The van der Waals surface area contributed by atoms with Crippen molar-refractivity contribution in [1.82, 2.24) is 18.4 Å². The Balaban J connectivity index is 1.67. The molecule has 0 atom stereocenters. The van der Waals surface area contributed by atoms with Gasteiger partial charge in [-0.3, -0.25) is 4.79 Å². The zero-order valence-electron chi connectivity index (χ0n) is 14.6. The first kappa shape index (κ1) is 18.0. The van der Waals surface area contributed by atoms with Crippen LogP contribution < -0.4 is 5.32 Å². The second kappa shape index (κ2) is 6.99. The SMILES string of the molecule is CNC(=O)c1ccc(CN(C2CC2)S(=O)(=O)c2cccc3nsnc23)cc1. The molecule has 1 heterocycles. The lowest BCUT2D eigenvalue weighted by Crippen LogP contribution is -2.32. The van der Waals surface area contributed by atoms with E-state index in [4.69, 9.17) is 0 Å². The molecule has 1 N–H and O–H groups in total. The predicted molar refractivity (Wildman–Crippen MR) is 103 cm³/mol. The first-order chi connectivity index (χ1) is 13.0. The summed E-state index contributed by atoms with van der Waals surface area (Å²) in [7, 11) is -2.13. The van der Waals surface area contributed by atoms with Crippen LogP contribution in [0.3, 0.4) is 0 Å². The van der Waals surface area contributed by atoms with Gasteiger partial charge in [0, 0.05) is 25.2 Å². The summed E-state index contributed by atoms with van der Waals surface area (Å²) in [5.74, 6) is -0.170. The topological polar surface area (TPSA) is 92.3 Å². The van der Waals surface area contributed by atoms with Crippen molar-refractivity contribution in [2.45, 2.75) is 30.3 Å².